The molecule has 1 aromatic heterocycles. The molecule has 1 heterocycles. The number of aromatic nitrogens is 2. The summed E-state index contributed by atoms with van der Waals surface area (Å²) in [6.45, 7) is 1.77. The van der Waals surface area contributed by atoms with E-state index in [1.54, 1.807) is 18.9 Å². The Morgan fingerprint density at radius 3 is 2.58 bits per heavy atom. The lowest BCUT2D eigenvalue weighted by molar-refractivity contribution is 0.0642. The third-order valence-corrected chi connectivity index (χ3v) is 4.58. The Morgan fingerprint density at radius 1 is 1.53 bits per heavy atom. The molecular formula is C11H18N4O3S. The predicted octanol–water partition coefficient (Wildman–Crippen LogP) is 0.244. The van der Waals surface area contributed by atoms with Crippen LogP contribution in [0.5, 0.6) is 0 Å². The van der Waals surface area contributed by atoms with Gasteiger partial charge in [-0.2, -0.15) is 5.10 Å². The maximum atomic E-state index is 12.3. The number of nitrogens with two attached hydrogens (primary N) is 1. The molecule has 0 atom stereocenters. The molecule has 0 bridgehead atoms. The van der Waals surface area contributed by atoms with Crippen molar-refractivity contribution in [2.75, 3.05) is 7.05 Å². The lowest BCUT2D eigenvalue weighted by Crippen LogP contribution is -2.42. The van der Waals surface area contributed by atoms with Crippen LogP contribution >= 0.6 is 0 Å². The van der Waals surface area contributed by atoms with E-state index in [0.29, 0.717) is 12.1 Å². The number of hydrogen-bond donors (Lipinski definition) is 2. The largest absolute Gasteiger partial charge is 0.337 e. The molecule has 0 spiro atoms. The number of aromatic amines is 1. The van der Waals surface area contributed by atoms with Crippen molar-refractivity contribution in [1.82, 2.24) is 15.1 Å². The van der Waals surface area contributed by atoms with Gasteiger partial charge >= 0.3 is 0 Å². The SMILES string of the molecule is CCc1[nH]nc(C(=O)N(C)C2CCC2)c1S(N)(=O)=O. The molecule has 7 nitrogen and oxygen atoms in total. The number of aryl methyl sites for hydroxylation is 1. The van der Waals surface area contributed by atoms with Crippen LogP contribution in [0.25, 0.3) is 0 Å². The van der Waals surface area contributed by atoms with Crippen LogP contribution in [0.1, 0.15) is 42.4 Å². The van der Waals surface area contributed by atoms with Gasteiger partial charge in [-0.05, 0) is 25.7 Å². The van der Waals surface area contributed by atoms with Gasteiger partial charge in [0.25, 0.3) is 5.91 Å². The van der Waals surface area contributed by atoms with Crippen molar-refractivity contribution in [3.63, 3.8) is 0 Å². The molecule has 8 heteroatoms. The van der Waals surface area contributed by atoms with Crippen molar-refractivity contribution in [2.45, 2.75) is 43.5 Å². The average Bonchev–Trinajstić information content (AvgIpc) is 2.68. The Morgan fingerprint density at radius 2 is 2.16 bits per heavy atom. The van der Waals surface area contributed by atoms with E-state index in [2.05, 4.69) is 10.2 Å². The first-order valence-corrected chi connectivity index (χ1v) is 7.78. The summed E-state index contributed by atoms with van der Waals surface area (Å²) in [6, 6.07) is 0.169. The van der Waals surface area contributed by atoms with Gasteiger partial charge in [-0.1, -0.05) is 6.92 Å². The van der Waals surface area contributed by atoms with Gasteiger partial charge in [0.15, 0.2) is 5.69 Å². The first-order valence-electron chi connectivity index (χ1n) is 6.23. The summed E-state index contributed by atoms with van der Waals surface area (Å²) in [5, 5.41) is 11.6. The quantitative estimate of drug-likeness (QED) is 0.826. The van der Waals surface area contributed by atoms with Crippen LogP contribution in [-0.2, 0) is 16.4 Å². The molecule has 1 aliphatic carbocycles. The highest BCUT2D eigenvalue weighted by molar-refractivity contribution is 7.89. The van der Waals surface area contributed by atoms with E-state index >= 15 is 0 Å². The molecule has 0 aromatic carbocycles. The van der Waals surface area contributed by atoms with Gasteiger partial charge in [-0.3, -0.25) is 9.89 Å². The van der Waals surface area contributed by atoms with Crippen molar-refractivity contribution in [2.24, 2.45) is 5.14 Å². The fraction of sp³-hybridized carbons (Fsp3) is 0.636. The highest BCUT2D eigenvalue weighted by Gasteiger charge is 2.32. The molecule has 2 rings (SSSR count). The number of nitrogens with zero attached hydrogens (tertiary/aromatic N) is 2. The van der Waals surface area contributed by atoms with Crippen molar-refractivity contribution in [3.05, 3.63) is 11.4 Å². The van der Waals surface area contributed by atoms with Gasteiger partial charge in [-0.15, -0.1) is 0 Å². The zero-order valence-corrected chi connectivity index (χ0v) is 11.8. The first kappa shape index (κ1) is 14.0. The molecule has 19 heavy (non-hydrogen) atoms. The molecule has 0 unspecified atom stereocenters. The molecule has 0 radical (unpaired) electrons. The van der Waals surface area contributed by atoms with Gasteiger partial charge in [-0.25, -0.2) is 13.6 Å². The average molecular weight is 286 g/mol. The van der Waals surface area contributed by atoms with E-state index in [1.807, 2.05) is 0 Å². The second-order valence-corrected chi connectivity index (χ2v) is 6.28. The summed E-state index contributed by atoms with van der Waals surface area (Å²) in [5.74, 6) is -0.398. The molecule has 1 aliphatic rings. The van der Waals surface area contributed by atoms with E-state index in [-0.39, 0.29) is 16.6 Å². The fourth-order valence-corrected chi connectivity index (χ4v) is 3.10. The number of rotatable bonds is 4. The number of hydrogen-bond acceptors (Lipinski definition) is 4. The standard InChI is InChI=1S/C11H18N4O3S/c1-3-8-10(19(12,17)18)9(14-13-8)11(16)15(2)7-5-4-6-7/h7H,3-6H2,1-2H3,(H,13,14)(H2,12,17,18). The summed E-state index contributed by atoms with van der Waals surface area (Å²) in [4.78, 5) is 13.7. The number of sulfonamides is 1. The Balaban J connectivity index is 2.39. The zero-order valence-electron chi connectivity index (χ0n) is 11.0. The summed E-state index contributed by atoms with van der Waals surface area (Å²) in [5.41, 5.74) is 0.265. The van der Waals surface area contributed by atoms with Crippen LogP contribution in [0, 0.1) is 0 Å². The van der Waals surface area contributed by atoms with Crippen LogP contribution in [0.4, 0.5) is 0 Å². The van der Waals surface area contributed by atoms with Crippen molar-refractivity contribution >= 4 is 15.9 Å². The maximum Gasteiger partial charge on any atom is 0.275 e. The molecule has 106 valence electrons. The smallest absolute Gasteiger partial charge is 0.275 e. The zero-order chi connectivity index (χ0) is 14.2. The van der Waals surface area contributed by atoms with Crippen LogP contribution < -0.4 is 5.14 Å². The fourth-order valence-electron chi connectivity index (χ4n) is 2.17. The minimum Gasteiger partial charge on any atom is -0.337 e. The lowest BCUT2D eigenvalue weighted by atomic mass is 9.92. The van der Waals surface area contributed by atoms with E-state index in [0.717, 1.165) is 19.3 Å². The molecule has 3 N–H and O–H groups in total. The highest BCUT2D eigenvalue weighted by atomic mass is 32.2. The summed E-state index contributed by atoms with van der Waals surface area (Å²) in [6.07, 6.45) is 3.39. The number of H-pyrrole nitrogens is 1. The lowest BCUT2D eigenvalue weighted by Gasteiger charge is -2.34. The summed E-state index contributed by atoms with van der Waals surface area (Å²) >= 11 is 0. The number of nitrogens with one attached hydrogen (secondary N) is 1. The van der Waals surface area contributed by atoms with E-state index in [9.17, 15) is 13.2 Å². The second kappa shape index (κ2) is 4.93. The maximum absolute atomic E-state index is 12.3. The topological polar surface area (TPSA) is 109 Å². The van der Waals surface area contributed by atoms with Gasteiger partial charge in [0.05, 0.1) is 5.69 Å². The Kier molecular flexibility index (Phi) is 3.64. The predicted molar refractivity (Wildman–Crippen MR) is 69.1 cm³/mol. The summed E-state index contributed by atoms with van der Waals surface area (Å²) < 4.78 is 23.2. The van der Waals surface area contributed by atoms with Gasteiger partial charge in [0.2, 0.25) is 10.0 Å². The molecule has 0 aliphatic heterocycles. The Bertz CT molecular complexity index is 589. The van der Waals surface area contributed by atoms with Gasteiger partial charge in [0, 0.05) is 13.1 Å². The molecule has 1 amide bonds. The van der Waals surface area contributed by atoms with Crippen molar-refractivity contribution < 1.29 is 13.2 Å². The van der Waals surface area contributed by atoms with Crippen molar-refractivity contribution in [3.8, 4) is 0 Å². The normalized spacial score (nSPS) is 16.2. The summed E-state index contributed by atoms with van der Waals surface area (Å²) in [7, 11) is -2.30. The molecule has 1 saturated carbocycles. The van der Waals surface area contributed by atoms with E-state index in [1.165, 1.54) is 0 Å². The van der Waals surface area contributed by atoms with Crippen molar-refractivity contribution in [1.29, 1.82) is 0 Å². The third kappa shape index (κ3) is 2.50. The van der Waals surface area contributed by atoms with Gasteiger partial charge in [0.1, 0.15) is 4.90 Å². The van der Waals surface area contributed by atoms with Crippen LogP contribution in [0.3, 0.4) is 0 Å². The molecular weight excluding hydrogens is 268 g/mol. The minimum atomic E-state index is -3.97. The van der Waals surface area contributed by atoms with Crippen LogP contribution in [-0.4, -0.2) is 42.5 Å². The molecule has 0 saturated heterocycles. The third-order valence-electron chi connectivity index (χ3n) is 3.58. The van der Waals surface area contributed by atoms with Gasteiger partial charge < -0.3 is 4.90 Å². The van der Waals surface area contributed by atoms with E-state index < -0.39 is 15.9 Å². The number of amides is 1. The number of carbonyl (C=O) groups excluding carboxylic acids is 1. The highest BCUT2D eigenvalue weighted by Crippen LogP contribution is 2.26. The number of primary sulfonamides is 1. The monoisotopic (exact) mass is 286 g/mol. The minimum absolute atomic E-state index is 0.103. The van der Waals surface area contributed by atoms with Crippen LogP contribution in [0.2, 0.25) is 0 Å². The second-order valence-electron chi connectivity index (χ2n) is 4.78. The molecule has 1 fully saturated rings. The van der Waals surface area contributed by atoms with E-state index in [4.69, 9.17) is 5.14 Å². The number of carbonyl (C=O) groups is 1. The Hall–Kier alpha value is -1.41. The molecule has 1 aromatic rings. The Labute approximate surface area is 112 Å². The van der Waals surface area contributed by atoms with Crippen LogP contribution in [0.15, 0.2) is 4.90 Å². The first-order chi connectivity index (χ1) is 8.86.